The molecule has 1 fully saturated rings. The molecule has 5 heteroatoms. The lowest BCUT2D eigenvalue weighted by Gasteiger charge is -2.26. The Hall–Kier alpha value is -1.62. The number of hydrogen-bond acceptors (Lipinski definition) is 3. The molecule has 5 nitrogen and oxygen atoms in total. The molecule has 1 saturated heterocycles. The standard InChI is InChI=1S/C16H23N3O2/c20-15-7-6-12-13(4-3-5-14(12)18-15)17-9-8-16(21)19-10-1-2-11-19/h6-7,13,17H,1-5,8-11H2,(H,18,20). The van der Waals surface area contributed by atoms with Crippen LogP contribution >= 0.6 is 0 Å². The quantitative estimate of drug-likeness (QED) is 0.879. The Balaban J connectivity index is 1.54. The number of pyridine rings is 1. The zero-order valence-corrected chi connectivity index (χ0v) is 12.4. The Morgan fingerprint density at radius 2 is 2.10 bits per heavy atom. The van der Waals surface area contributed by atoms with Gasteiger partial charge in [-0.2, -0.15) is 0 Å². The van der Waals surface area contributed by atoms with Crippen LogP contribution in [0.2, 0.25) is 0 Å². The molecule has 21 heavy (non-hydrogen) atoms. The minimum atomic E-state index is -0.0291. The van der Waals surface area contributed by atoms with Gasteiger partial charge in [-0.05, 0) is 37.7 Å². The van der Waals surface area contributed by atoms with Gasteiger partial charge in [-0.3, -0.25) is 9.59 Å². The first-order valence-corrected chi connectivity index (χ1v) is 7.97. The van der Waals surface area contributed by atoms with Gasteiger partial charge in [0.15, 0.2) is 0 Å². The Morgan fingerprint density at radius 3 is 2.90 bits per heavy atom. The van der Waals surface area contributed by atoms with E-state index in [1.54, 1.807) is 6.07 Å². The maximum absolute atomic E-state index is 12.0. The number of H-pyrrole nitrogens is 1. The van der Waals surface area contributed by atoms with Gasteiger partial charge >= 0.3 is 0 Å². The molecule has 2 aliphatic rings. The van der Waals surface area contributed by atoms with Crippen LogP contribution in [0.1, 0.15) is 49.4 Å². The second kappa shape index (κ2) is 6.43. The third kappa shape index (κ3) is 3.35. The molecule has 3 rings (SSSR count). The SMILES string of the molecule is O=C(CCNC1CCCc2[nH]c(=O)ccc21)N1CCCC1. The summed E-state index contributed by atoms with van der Waals surface area (Å²) in [5, 5.41) is 3.48. The van der Waals surface area contributed by atoms with Crippen molar-refractivity contribution < 1.29 is 4.79 Å². The van der Waals surface area contributed by atoms with Gasteiger partial charge in [0.25, 0.3) is 0 Å². The fourth-order valence-corrected chi connectivity index (χ4v) is 3.39. The van der Waals surface area contributed by atoms with E-state index in [0.29, 0.717) is 13.0 Å². The Bertz CT molecular complexity index is 561. The lowest BCUT2D eigenvalue weighted by molar-refractivity contribution is -0.130. The molecule has 114 valence electrons. The maximum atomic E-state index is 12.0. The number of aromatic amines is 1. The van der Waals surface area contributed by atoms with E-state index in [1.165, 1.54) is 5.56 Å². The zero-order chi connectivity index (χ0) is 14.7. The maximum Gasteiger partial charge on any atom is 0.248 e. The predicted octanol–water partition coefficient (Wildman–Crippen LogP) is 1.35. The monoisotopic (exact) mass is 289 g/mol. The van der Waals surface area contributed by atoms with Crippen LogP contribution in [0.3, 0.4) is 0 Å². The lowest BCUT2D eigenvalue weighted by atomic mass is 9.91. The number of nitrogens with one attached hydrogen (secondary N) is 2. The molecule has 2 N–H and O–H groups in total. The molecule has 1 amide bonds. The zero-order valence-electron chi connectivity index (χ0n) is 12.4. The van der Waals surface area contributed by atoms with Crippen molar-refractivity contribution in [1.29, 1.82) is 0 Å². The number of carbonyl (C=O) groups is 1. The first-order valence-electron chi connectivity index (χ1n) is 7.97. The first-order chi connectivity index (χ1) is 10.2. The van der Waals surface area contributed by atoms with E-state index in [-0.39, 0.29) is 17.5 Å². The largest absolute Gasteiger partial charge is 0.343 e. The molecule has 1 aliphatic carbocycles. The van der Waals surface area contributed by atoms with Crippen molar-refractivity contribution in [3.05, 3.63) is 33.7 Å². The van der Waals surface area contributed by atoms with Crippen molar-refractivity contribution in [2.75, 3.05) is 19.6 Å². The van der Waals surface area contributed by atoms with Gasteiger partial charge in [0, 0.05) is 43.9 Å². The van der Waals surface area contributed by atoms with E-state index in [0.717, 1.165) is 50.9 Å². The lowest BCUT2D eigenvalue weighted by Crippen LogP contribution is -2.33. The van der Waals surface area contributed by atoms with Gasteiger partial charge in [-0.25, -0.2) is 0 Å². The summed E-state index contributed by atoms with van der Waals surface area (Å²) in [5.74, 6) is 0.262. The van der Waals surface area contributed by atoms with Crippen molar-refractivity contribution in [1.82, 2.24) is 15.2 Å². The van der Waals surface area contributed by atoms with Crippen LogP contribution in [0, 0.1) is 0 Å². The molecule has 1 unspecified atom stereocenters. The Kier molecular flexibility index (Phi) is 4.39. The van der Waals surface area contributed by atoms with Crippen molar-refractivity contribution in [2.24, 2.45) is 0 Å². The number of carbonyl (C=O) groups excluding carboxylic acids is 1. The molecule has 1 aromatic heterocycles. The smallest absolute Gasteiger partial charge is 0.248 e. The van der Waals surface area contributed by atoms with Crippen LogP contribution < -0.4 is 10.9 Å². The number of fused-ring (bicyclic) bond motifs is 1. The highest BCUT2D eigenvalue weighted by Crippen LogP contribution is 2.27. The summed E-state index contributed by atoms with van der Waals surface area (Å²) in [7, 11) is 0. The Morgan fingerprint density at radius 1 is 1.29 bits per heavy atom. The van der Waals surface area contributed by atoms with E-state index in [2.05, 4.69) is 10.3 Å². The van der Waals surface area contributed by atoms with Crippen LogP contribution in [0.15, 0.2) is 16.9 Å². The average Bonchev–Trinajstić information content (AvgIpc) is 3.01. The topological polar surface area (TPSA) is 65.2 Å². The molecular formula is C16H23N3O2. The van der Waals surface area contributed by atoms with Crippen molar-refractivity contribution in [2.45, 2.75) is 44.6 Å². The van der Waals surface area contributed by atoms with Crippen LogP contribution in [0.5, 0.6) is 0 Å². The number of hydrogen-bond donors (Lipinski definition) is 2. The summed E-state index contributed by atoms with van der Waals surface area (Å²) >= 11 is 0. The molecule has 2 heterocycles. The van der Waals surface area contributed by atoms with E-state index < -0.39 is 0 Å². The van der Waals surface area contributed by atoms with E-state index in [9.17, 15) is 9.59 Å². The summed E-state index contributed by atoms with van der Waals surface area (Å²) in [4.78, 5) is 28.3. The third-order valence-corrected chi connectivity index (χ3v) is 4.52. The van der Waals surface area contributed by atoms with Gasteiger partial charge in [0.1, 0.15) is 0 Å². The highest BCUT2D eigenvalue weighted by Gasteiger charge is 2.21. The number of aryl methyl sites for hydroxylation is 1. The summed E-state index contributed by atoms with van der Waals surface area (Å²) in [6.07, 6.45) is 5.93. The van der Waals surface area contributed by atoms with Crippen LogP contribution in [-0.4, -0.2) is 35.4 Å². The van der Waals surface area contributed by atoms with Gasteiger partial charge in [-0.1, -0.05) is 6.07 Å². The van der Waals surface area contributed by atoms with Gasteiger partial charge in [-0.15, -0.1) is 0 Å². The predicted molar refractivity (Wildman–Crippen MR) is 81.2 cm³/mol. The first kappa shape index (κ1) is 14.3. The average molecular weight is 289 g/mol. The van der Waals surface area contributed by atoms with Crippen LogP contribution in [0.4, 0.5) is 0 Å². The fourth-order valence-electron chi connectivity index (χ4n) is 3.39. The van der Waals surface area contributed by atoms with Crippen molar-refractivity contribution in [3.63, 3.8) is 0 Å². The van der Waals surface area contributed by atoms with E-state index in [1.807, 2.05) is 11.0 Å². The van der Waals surface area contributed by atoms with Crippen molar-refractivity contribution in [3.8, 4) is 0 Å². The molecule has 0 spiro atoms. The number of amides is 1. The molecule has 0 radical (unpaired) electrons. The van der Waals surface area contributed by atoms with Crippen LogP contribution in [-0.2, 0) is 11.2 Å². The third-order valence-electron chi connectivity index (χ3n) is 4.52. The summed E-state index contributed by atoms with van der Waals surface area (Å²) in [5.41, 5.74) is 2.21. The summed E-state index contributed by atoms with van der Waals surface area (Å²) in [6.45, 7) is 2.55. The second-order valence-corrected chi connectivity index (χ2v) is 5.99. The number of aromatic nitrogens is 1. The molecule has 1 aliphatic heterocycles. The molecule has 0 bridgehead atoms. The van der Waals surface area contributed by atoms with Gasteiger partial charge in [0.2, 0.25) is 11.5 Å². The number of likely N-dealkylation sites (tertiary alicyclic amines) is 1. The summed E-state index contributed by atoms with van der Waals surface area (Å²) in [6, 6.07) is 3.78. The molecule has 0 aromatic carbocycles. The Labute approximate surface area is 124 Å². The highest BCUT2D eigenvalue weighted by molar-refractivity contribution is 5.76. The normalized spacial score (nSPS) is 21.3. The molecular weight excluding hydrogens is 266 g/mol. The molecule has 1 atom stereocenters. The minimum absolute atomic E-state index is 0.0291. The van der Waals surface area contributed by atoms with E-state index in [4.69, 9.17) is 0 Å². The van der Waals surface area contributed by atoms with Crippen molar-refractivity contribution >= 4 is 5.91 Å². The molecule has 1 aromatic rings. The van der Waals surface area contributed by atoms with Crippen LogP contribution in [0.25, 0.3) is 0 Å². The second-order valence-electron chi connectivity index (χ2n) is 5.99. The highest BCUT2D eigenvalue weighted by atomic mass is 16.2. The molecule has 0 saturated carbocycles. The summed E-state index contributed by atoms with van der Waals surface area (Å²) < 4.78 is 0. The fraction of sp³-hybridized carbons (Fsp3) is 0.625. The van der Waals surface area contributed by atoms with Gasteiger partial charge < -0.3 is 15.2 Å². The van der Waals surface area contributed by atoms with Gasteiger partial charge in [0.05, 0.1) is 0 Å². The van der Waals surface area contributed by atoms with E-state index >= 15 is 0 Å². The number of rotatable bonds is 4. The number of nitrogens with zero attached hydrogens (tertiary/aromatic N) is 1. The minimum Gasteiger partial charge on any atom is -0.343 e.